The zero-order valence-electron chi connectivity index (χ0n) is 18.7. The van der Waals surface area contributed by atoms with Gasteiger partial charge in [-0.25, -0.2) is 14.5 Å². The van der Waals surface area contributed by atoms with E-state index < -0.39 is 23.4 Å². The number of guanidine groups is 1. The highest BCUT2D eigenvalue weighted by Crippen LogP contribution is 2.23. The van der Waals surface area contributed by atoms with Crippen molar-refractivity contribution in [1.82, 2.24) is 10.2 Å². The molecule has 0 aliphatic rings. The van der Waals surface area contributed by atoms with Crippen LogP contribution < -0.4 is 10.6 Å². The molecule has 0 atom stereocenters. The summed E-state index contributed by atoms with van der Waals surface area (Å²) in [7, 11) is 0. The predicted octanol–water partition coefficient (Wildman–Crippen LogP) is 4.62. The van der Waals surface area contributed by atoms with Gasteiger partial charge in [0.2, 0.25) is 0 Å². The molecule has 0 spiro atoms. The lowest BCUT2D eigenvalue weighted by Gasteiger charge is -2.29. The van der Waals surface area contributed by atoms with Crippen LogP contribution in [-0.4, -0.2) is 40.8 Å². The molecule has 0 saturated carbocycles. The summed E-state index contributed by atoms with van der Waals surface area (Å²) >= 11 is 0. The number of imide groups is 1. The number of nitrogens with zero attached hydrogens (tertiary/aromatic N) is 1. The third-order valence-electron chi connectivity index (χ3n) is 3.62. The summed E-state index contributed by atoms with van der Waals surface area (Å²) in [4.78, 5) is 26.3. The highest BCUT2D eigenvalue weighted by atomic mass is 16.6. The van der Waals surface area contributed by atoms with Crippen molar-refractivity contribution in [3.05, 3.63) is 29.3 Å². The molecule has 1 aromatic carbocycles. The third-order valence-corrected chi connectivity index (χ3v) is 3.62. The molecule has 0 bridgehead atoms. The maximum Gasteiger partial charge on any atom is 0.420 e. The SMILES string of the molecule is CCNC(=N)Nc1cccc(CN(C(=O)OC(C)(C)C)C(=O)OC(C)(C)C)c1C. The standard InChI is InChI=1S/C21H34N4O4/c1-9-23-17(22)24-16-12-10-11-15(14(16)2)13-25(18(26)28-20(3,4)5)19(27)29-21(6,7)8/h10-12H,9,13H2,1-8H3,(H3,22,23,24). The van der Waals surface area contributed by atoms with Crippen molar-refractivity contribution >= 4 is 23.8 Å². The smallest absolute Gasteiger partial charge is 0.420 e. The van der Waals surface area contributed by atoms with E-state index in [4.69, 9.17) is 14.9 Å². The lowest BCUT2D eigenvalue weighted by molar-refractivity contribution is -0.000266. The zero-order chi connectivity index (χ0) is 22.4. The van der Waals surface area contributed by atoms with Crippen molar-refractivity contribution in [2.75, 3.05) is 11.9 Å². The third kappa shape index (κ3) is 8.41. The summed E-state index contributed by atoms with van der Waals surface area (Å²) in [6.45, 7) is 14.8. The Morgan fingerprint density at radius 2 is 1.55 bits per heavy atom. The van der Waals surface area contributed by atoms with Crippen molar-refractivity contribution in [3.63, 3.8) is 0 Å². The second-order valence-electron chi connectivity index (χ2n) is 8.67. The molecule has 0 radical (unpaired) electrons. The number of rotatable bonds is 4. The number of carbonyl (C=O) groups excluding carboxylic acids is 2. The summed E-state index contributed by atoms with van der Waals surface area (Å²) in [6, 6.07) is 5.45. The van der Waals surface area contributed by atoms with E-state index in [2.05, 4.69) is 10.6 Å². The van der Waals surface area contributed by atoms with Crippen LogP contribution >= 0.6 is 0 Å². The van der Waals surface area contributed by atoms with Crippen molar-refractivity contribution in [2.45, 2.75) is 73.1 Å². The minimum absolute atomic E-state index is 0.0142. The van der Waals surface area contributed by atoms with Gasteiger partial charge in [0.15, 0.2) is 5.96 Å². The molecule has 2 amide bonds. The van der Waals surface area contributed by atoms with Gasteiger partial charge in [0.05, 0.1) is 6.54 Å². The molecule has 3 N–H and O–H groups in total. The number of benzene rings is 1. The maximum absolute atomic E-state index is 12.7. The molecule has 0 saturated heterocycles. The van der Waals surface area contributed by atoms with E-state index in [1.54, 1.807) is 47.6 Å². The zero-order valence-corrected chi connectivity index (χ0v) is 18.7. The summed E-state index contributed by atoms with van der Waals surface area (Å²) in [5.74, 6) is 0.170. The van der Waals surface area contributed by atoms with Gasteiger partial charge in [0.1, 0.15) is 11.2 Å². The first-order chi connectivity index (χ1) is 13.2. The van der Waals surface area contributed by atoms with Gasteiger partial charge in [-0.05, 0) is 72.6 Å². The fourth-order valence-corrected chi connectivity index (χ4v) is 2.35. The molecule has 1 rings (SSSR count). The first-order valence-corrected chi connectivity index (χ1v) is 9.65. The lowest BCUT2D eigenvalue weighted by Crippen LogP contribution is -2.43. The van der Waals surface area contributed by atoms with Gasteiger partial charge < -0.3 is 20.1 Å². The minimum Gasteiger partial charge on any atom is -0.443 e. The fraction of sp³-hybridized carbons (Fsp3) is 0.571. The first-order valence-electron chi connectivity index (χ1n) is 9.65. The minimum atomic E-state index is -0.773. The van der Waals surface area contributed by atoms with E-state index >= 15 is 0 Å². The average Bonchev–Trinajstić information content (AvgIpc) is 2.52. The van der Waals surface area contributed by atoms with Gasteiger partial charge >= 0.3 is 12.2 Å². The number of hydrogen-bond acceptors (Lipinski definition) is 5. The normalized spacial score (nSPS) is 11.4. The topological polar surface area (TPSA) is 104 Å². The highest BCUT2D eigenvalue weighted by Gasteiger charge is 2.31. The van der Waals surface area contributed by atoms with Crippen molar-refractivity contribution in [2.24, 2.45) is 0 Å². The van der Waals surface area contributed by atoms with E-state index in [1.165, 1.54) is 0 Å². The number of hydrogen-bond donors (Lipinski definition) is 3. The molecule has 0 unspecified atom stereocenters. The van der Waals surface area contributed by atoms with Crippen LogP contribution in [0, 0.1) is 12.3 Å². The van der Waals surface area contributed by atoms with Gasteiger partial charge in [-0.3, -0.25) is 5.41 Å². The molecular weight excluding hydrogens is 372 g/mol. The summed E-state index contributed by atoms with van der Waals surface area (Å²) in [5.41, 5.74) is 0.748. The first kappa shape index (κ1) is 24.3. The van der Waals surface area contributed by atoms with Crippen LogP contribution in [0.1, 0.15) is 59.6 Å². The summed E-state index contributed by atoms with van der Waals surface area (Å²) in [6.07, 6.45) is -1.55. The van der Waals surface area contributed by atoms with Crippen LogP contribution in [0.2, 0.25) is 0 Å². The molecule has 0 aliphatic carbocycles. The predicted molar refractivity (Wildman–Crippen MR) is 114 cm³/mol. The van der Waals surface area contributed by atoms with E-state index in [9.17, 15) is 9.59 Å². The Morgan fingerprint density at radius 3 is 2.00 bits per heavy atom. The van der Waals surface area contributed by atoms with Crippen LogP contribution in [-0.2, 0) is 16.0 Å². The summed E-state index contributed by atoms with van der Waals surface area (Å²) < 4.78 is 10.8. The maximum atomic E-state index is 12.7. The number of nitrogens with one attached hydrogen (secondary N) is 3. The van der Waals surface area contributed by atoms with Gasteiger partial charge in [-0.15, -0.1) is 0 Å². The second kappa shape index (κ2) is 9.62. The Bertz CT molecular complexity index is 720. The Hall–Kier alpha value is -2.77. The van der Waals surface area contributed by atoms with Gasteiger partial charge in [-0.2, -0.15) is 0 Å². The van der Waals surface area contributed by atoms with E-state index in [1.807, 2.05) is 26.0 Å². The number of anilines is 1. The Morgan fingerprint density at radius 1 is 1.03 bits per heavy atom. The Balaban J connectivity index is 3.17. The van der Waals surface area contributed by atoms with Crippen LogP contribution in [0.4, 0.5) is 15.3 Å². The molecule has 8 nitrogen and oxygen atoms in total. The Labute approximate surface area is 173 Å². The Kier molecular flexibility index (Phi) is 8.05. The van der Waals surface area contributed by atoms with E-state index in [-0.39, 0.29) is 12.5 Å². The van der Waals surface area contributed by atoms with Gasteiger partial charge in [0, 0.05) is 12.2 Å². The largest absolute Gasteiger partial charge is 0.443 e. The number of ether oxygens (including phenoxy) is 2. The number of amides is 2. The molecule has 1 aromatic rings. The molecule has 0 aliphatic heterocycles. The van der Waals surface area contributed by atoms with Crippen LogP contribution in [0.5, 0.6) is 0 Å². The average molecular weight is 407 g/mol. The molecule has 29 heavy (non-hydrogen) atoms. The van der Waals surface area contributed by atoms with Crippen molar-refractivity contribution in [1.29, 1.82) is 5.41 Å². The molecule has 0 fully saturated rings. The molecule has 0 aromatic heterocycles. The van der Waals surface area contributed by atoms with Gasteiger partial charge in [0.25, 0.3) is 0 Å². The quantitative estimate of drug-likeness (QED) is 0.498. The summed E-state index contributed by atoms with van der Waals surface area (Å²) in [5, 5.41) is 13.8. The van der Waals surface area contributed by atoms with Crippen LogP contribution in [0.3, 0.4) is 0 Å². The molecule has 0 heterocycles. The monoisotopic (exact) mass is 406 g/mol. The highest BCUT2D eigenvalue weighted by molar-refractivity contribution is 5.92. The van der Waals surface area contributed by atoms with Gasteiger partial charge in [-0.1, -0.05) is 12.1 Å². The van der Waals surface area contributed by atoms with Crippen molar-refractivity contribution < 1.29 is 19.1 Å². The second-order valence-corrected chi connectivity index (χ2v) is 8.67. The molecule has 8 heteroatoms. The molecular formula is C21H34N4O4. The van der Waals surface area contributed by atoms with Crippen molar-refractivity contribution in [3.8, 4) is 0 Å². The fourth-order valence-electron chi connectivity index (χ4n) is 2.35. The molecule has 162 valence electrons. The lowest BCUT2D eigenvalue weighted by atomic mass is 10.1. The van der Waals surface area contributed by atoms with Crippen LogP contribution in [0.25, 0.3) is 0 Å². The van der Waals surface area contributed by atoms with E-state index in [0.717, 1.165) is 16.0 Å². The van der Waals surface area contributed by atoms with Crippen LogP contribution in [0.15, 0.2) is 18.2 Å². The number of carbonyl (C=O) groups is 2. The van der Waals surface area contributed by atoms with E-state index in [0.29, 0.717) is 12.2 Å².